The molecule has 118 valence electrons. The van der Waals surface area contributed by atoms with Crippen LogP contribution in [0.1, 0.15) is 11.3 Å². The fourth-order valence-corrected chi connectivity index (χ4v) is 2.93. The lowest BCUT2D eigenvalue weighted by molar-refractivity contribution is -0.600. The molecule has 3 rings (SSSR count). The minimum Gasteiger partial charge on any atom is -0.618 e. The third kappa shape index (κ3) is 2.77. The first-order valence-electron chi connectivity index (χ1n) is 6.57. The van der Waals surface area contributed by atoms with Gasteiger partial charge in [0.1, 0.15) is 0 Å². The largest absolute Gasteiger partial charge is 0.618 e. The highest BCUT2D eigenvalue weighted by atomic mass is 32.1. The lowest BCUT2D eigenvalue weighted by atomic mass is 9.98. The summed E-state index contributed by atoms with van der Waals surface area (Å²) in [6.45, 7) is 1.35. The molecular weight excluding hydrogens is 327 g/mol. The van der Waals surface area contributed by atoms with E-state index < -0.39 is 11.7 Å². The summed E-state index contributed by atoms with van der Waals surface area (Å²) in [5.74, 6) is 0. The first-order chi connectivity index (χ1) is 10.9. The highest BCUT2D eigenvalue weighted by Crippen LogP contribution is 2.42. The molecule has 0 aliphatic carbocycles. The number of aromatic nitrogens is 3. The number of pyridine rings is 1. The van der Waals surface area contributed by atoms with E-state index in [1.165, 1.54) is 13.1 Å². The van der Waals surface area contributed by atoms with Gasteiger partial charge in [0, 0.05) is 18.6 Å². The maximum Gasteiger partial charge on any atom is 0.417 e. The van der Waals surface area contributed by atoms with E-state index in [4.69, 9.17) is 0 Å². The molecule has 8 heteroatoms. The Morgan fingerprint density at radius 3 is 2.43 bits per heavy atom. The van der Waals surface area contributed by atoms with E-state index in [0.717, 1.165) is 17.6 Å². The second-order valence-electron chi connectivity index (χ2n) is 4.86. The number of hydrogen-bond acceptors (Lipinski definition) is 4. The molecule has 23 heavy (non-hydrogen) atoms. The van der Waals surface area contributed by atoms with Gasteiger partial charge in [0.05, 0.1) is 22.2 Å². The lowest BCUT2D eigenvalue weighted by Gasteiger charge is -2.17. The molecule has 3 aromatic rings. The van der Waals surface area contributed by atoms with Crippen LogP contribution < -0.4 is 4.73 Å². The monoisotopic (exact) mass is 337 g/mol. The molecule has 1 aromatic carbocycles. The number of benzene rings is 1. The van der Waals surface area contributed by atoms with Crippen molar-refractivity contribution in [3.05, 3.63) is 59.1 Å². The van der Waals surface area contributed by atoms with E-state index in [9.17, 15) is 18.4 Å². The van der Waals surface area contributed by atoms with Crippen LogP contribution in [0, 0.1) is 12.1 Å². The molecule has 0 saturated heterocycles. The van der Waals surface area contributed by atoms with Crippen LogP contribution in [0.25, 0.3) is 21.7 Å². The summed E-state index contributed by atoms with van der Waals surface area (Å²) in [6, 6.07) is 9.11. The summed E-state index contributed by atoms with van der Waals surface area (Å²) in [6.07, 6.45) is -3.36. The predicted octanol–water partition coefficient (Wildman–Crippen LogP) is 3.83. The summed E-state index contributed by atoms with van der Waals surface area (Å²) in [5, 5.41) is 16.1. The smallest absolute Gasteiger partial charge is 0.417 e. The highest BCUT2D eigenvalue weighted by Gasteiger charge is 2.39. The van der Waals surface area contributed by atoms with Gasteiger partial charge in [0.2, 0.25) is 5.69 Å². The van der Waals surface area contributed by atoms with Crippen molar-refractivity contribution in [1.82, 2.24) is 9.59 Å². The van der Waals surface area contributed by atoms with Crippen molar-refractivity contribution in [2.45, 2.75) is 13.1 Å². The molecule has 0 N–H and O–H groups in total. The zero-order valence-electron chi connectivity index (χ0n) is 11.8. The molecule has 0 atom stereocenters. The molecule has 0 spiro atoms. The van der Waals surface area contributed by atoms with Crippen LogP contribution in [0.3, 0.4) is 0 Å². The average molecular weight is 337 g/mol. The maximum atomic E-state index is 13.5. The fourth-order valence-electron chi connectivity index (χ4n) is 2.35. The minimum absolute atomic E-state index is 0.0302. The Hall–Kier alpha value is -2.48. The van der Waals surface area contributed by atoms with Crippen molar-refractivity contribution in [3.63, 3.8) is 0 Å². The number of alkyl halides is 3. The Kier molecular flexibility index (Phi) is 3.77. The molecule has 0 aliphatic rings. The fraction of sp³-hybridized carbons (Fsp3) is 0.133. The zero-order chi connectivity index (χ0) is 16.6. The average Bonchev–Trinajstić information content (AvgIpc) is 3.03. The van der Waals surface area contributed by atoms with Crippen LogP contribution in [0.4, 0.5) is 13.2 Å². The summed E-state index contributed by atoms with van der Waals surface area (Å²) in [7, 11) is 0. The maximum absolute atomic E-state index is 13.5. The number of nitrogens with zero attached hydrogens (tertiary/aromatic N) is 3. The Morgan fingerprint density at radius 2 is 1.87 bits per heavy atom. The van der Waals surface area contributed by atoms with Gasteiger partial charge in [0.25, 0.3) is 0 Å². The van der Waals surface area contributed by atoms with Gasteiger partial charge in [-0.15, -0.1) is 5.10 Å². The van der Waals surface area contributed by atoms with Crippen molar-refractivity contribution in [2.24, 2.45) is 0 Å². The SMILES string of the molecule is Cc1cc(C(F)(F)F)c(-c2cnns2)c(-c2ccccc2)[n+]1[O-]. The molecule has 0 saturated carbocycles. The van der Waals surface area contributed by atoms with Gasteiger partial charge in [-0.1, -0.05) is 22.7 Å². The predicted molar refractivity (Wildman–Crippen MR) is 79.5 cm³/mol. The van der Waals surface area contributed by atoms with Crippen molar-refractivity contribution >= 4 is 11.5 Å². The number of halogens is 3. The van der Waals surface area contributed by atoms with E-state index in [1.807, 2.05) is 0 Å². The van der Waals surface area contributed by atoms with Gasteiger partial charge in [-0.05, 0) is 23.7 Å². The third-order valence-electron chi connectivity index (χ3n) is 3.34. The lowest BCUT2D eigenvalue weighted by Crippen LogP contribution is -2.35. The van der Waals surface area contributed by atoms with E-state index in [2.05, 4.69) is 9.59 Å². The second-order valence-corrected chi connectivity index (χ2v) is 5.65. The molecule has 4 nitrogen and oxygen atoms in total. The molecule has 0 radical (unpaired) electrons. The Morgan fingerprint density at radius 1 is 1.17 bits per heavy atom. The van der Waals surface area contributed by atoms with Crippen LogP contribution in [0.2, 0.25) is 0 Å². The van der Waals surface area contributed by atoms with E-state index in [0.29, 0.717) is 10.3 Å². The molecule has 0 fully saturated rings. The second kappa shape index (κ2) is 5.62. The normalized spacial score (nSPS) is 11.7. The van der Waals surface area contributed by atoms with Crippen molar-refractivity contribution < 1.29 is 17.9 Å². The Labute approximate surface area is 133 Å². The van der Waals surface area contributed by atoms with Gasteiger partial charge < -0.3 is 5.21 Å². The Bertz CT molecular complexity index is 833. The summed E-state index contributed by atoms with van der Waals surface area (Å²) in [4.78, 5) is 0.195. The molecule has 0 aliphatic heterocycles. The van der Waals surface area contributed by atoms with E-state index >= 15 is 0 Å². The number of hydrogen-bond donors (Lipinski definition) is 0. The van der Waals surface area contributed by atoms with Gasteiger partial charge in [-0.3, -0.25) is 0 Å². The minimum atomic E-state index is -4.60. The summed E-state index contributed by atoms with van der Waals surface area (Å²) < 4.78 is 44.6. The third-order valence-corrected chi connectivity index (χ3v) is 4.03. The Balaban J connectivity index is 2.44. The van der Waals surface area contributed by atoms with Crippen LogP contribution in [0.5, 0.6) is 0 Å². The highest BCUT2D eigenvalue weighted by molar-refractivity contribution is 7.09. The van der Waals surface area contributed by atoms with Crippen molar-refractivity contribution in [1.29, 1.82) is 0 Å². The van der Waals surface area contributed by atoms with E-state index in [1.54, 1.807) is 30.3 Å². The van der Waals surface area contributed by atoms with Crippen molar-refractivity contribution in [2.75, 3.05) is 0 Å². The molecule has 0 amide bonds. The zero-order valence-corrected chi connectivity index (χ0v) is 12.6. The first-order valence-corrected chi connectivity index (χ1v) is 7.34. The topological polar surface area (TPSA) is 52.7 Å². The summed E-state index contributed by atoms with van der Waals surface area (Å²) in [5.41, 5.74) is -0.743. The van der Waals surface area contributed by atoms with Gasteiger partial charge >= 0.3 is 6.18 Å². The van der Waals surface area contributed by atoms with Crippen LogP contribution in [-0.2, 0) is 6.18 Å². The number of aryl methyl sites for hydroxylation is 1. The molecular formula is C15H10F3N3OS. The molecule has 2 heterocycles. The van der Waals surface area contributed by atoms with Crippen LogP contribution >= 0.6 is 11.5 Å². The molecule has 2 aromatic heterocycles. The van der Waals surface area contributed by atoms with Crippen LogP contribution in [0.15, 0.2) is 42.6 Å². The molecule has 0 unspecified atom stereocenters. The molecule has 0 bridgehead atoms. The van der Waals surface area contributed by atoms with Gasteiger partial charge in [0.15, 0.2) is 5.69 Å². The van der Waals surface area contributed by atoms with Crippen LogP contribution in [-0.4, -0.2) is 9.59 Å². The first kappa shape index (κ1) is 15.4. The standard InChI is InChI=1S/C15H10F3N3OS/c1-9-7-11(15(16,17)18)13(12-8-19-20-23-12)14(21(9)22)10-5-3-2-4-6-10/h2-8H,1H3. The van der Waals surface area contributed by atoms with Crippen molar-refractivity contribution in [3.8, 4) is 21.7 Å². The van der Waals surface area contributed by atoms with E-state index in [-0.39, 0.29) is 21.8 Å². The van der Waals surface area contributed by atoms with Gasteiger partial charge in [-0.2, -0.15) is 17.9 Å². The summed E-state index contributed by atoms with van der Waals surface area (Å²) >= 11 is 0.816. The number of rotatable bonds is 2. The van der Waals surface area contributed by atoms with Gasteiger partial charge in [-0.25, -0.2) is 0 Å². The quantitative estimate of drug-likeness (QED) is 0.527.